The van der Waals surface area contributed by atoms with E-state index in [2.05, 4.69) is 15.4 Å². The van der Waals surface area contributed by atoms with Gasteiger partial charge in [0.1, 0.15) is 0 Å². The molecule has 0 aliphatic carbocycles. The fourth-order valence-corrected chi connectivity index (χ4v) is 1.70. The lowest BCUT2D eigenvalue weighted by molar-refractivity contribution is -0.113. The van der Waals surface area contributed by atoms with Gasteiger partial charge in [0.15, 0.2) is 11.0 Å². The molecule has 0 spiro atoms. The molecule has 6 nitrogen and oxygen atoms in total. The highest BCUT2D eigenvalue weighted by molar-refractivity contribution is 8.14. The fraction of sp³-hybridized carbons (Fsp3) is 0.125. The Labute approximate surface area is 112 Å². The number of thioether (sulfide) groups is 1. The van der Waals surface area contributed by atoms with Crippen molar-refractivity contribution in [3.05, 3.63) is 22.3 Å². The molecule has 0 fully saturated rings. The van der Waals surface area contributed by atoms with Crippen molar-refractivity contribution in [2.75, 3.05) is 11.1 Å². The van der Waals surface area contributed by atoms with Crippen LogP contribution in [-0.4, -0.2) is 21.8 Å². The molecular formula is C8H9Cl2N5OS. The molecule has 1 aromatic heterocycles. The number of hydrazone groups is 1. The van der Waals surface area contributed by atoms with E-state index in [1.54, 1.807) is 0 Å². The summed E-state index contributed by atoms with van der Waals surface area (Å²) in [6, 6.07) is 1.48. The van der Waals surface area contributed by atoms with E-state index in [0.717, 1.165) is 11.8 Å². The van der Waals surface area contributed by atoms with Crippen LogP contribution in [0.25, 0.3) is 0 Å². The Bertz CT molecular complexity index is 454. The molecule has 92 valence electrons. The van der Waals surface area contributed by atoms with Crippen LogP contribution in [0.5, 0.6) is 0 Å². The second-order valence-corrected chi connectivity index (χ2v) is 4.63. The highest BCUT2D eigenvalue weighted by Crippen LogP contribution is 2.22. The first-order valence-corrected chi connectivity index (χ1v) is 6.04. The van der Waals surface area contributed by atoms with Crippen LogP contribution in [0.15, 0.2) is 17.4 Å². The van der Waals surface area contributed by atoms with E-state index in [-0.39, 0.29) is 27.7 Å². The summed E-state index contributed by atoms with van der Waals surface area (Å²) in [6.45, 7) is 0. The van der Waals surface area contributed by atoms with Gasteiger partial charge in [0, 0.05) is 6.20 Å². The van der Waals surface area contributed by atoms with Crippen LogP contribution < -0.4 is 16.9 Å². The zero-order chi connectivity index (χ0) is 12.8. The van der Waals surface area contributed by atoms with Crippen LogP contribution >= 0.6 is 35.0 Å². The molecule has 0 aromatic carbocycles. The molecule has 1 amide bonds. The second kappa shape index (κ2) is 6.53. The lowest BCUT2D eigenvalue weighted by Gasteiger charge is -2.05. The number of aromatic nitrogens is 1. The fourth-order valence-electron chi connectivity index (χ4n) is 0.851. The highest BCUT2D eigenvalue weighted by atomic mass is 35.5. The Kier molecular flexibility index (Phi) is 5.33. The van der Waals surface area contributed by atoms with E-state index in [1.807, 2.05) is 0 Å². The molecule has 0 saturated carbocycles. The van der Waals surface area contributed by atoms with E-state index in [1.165, 1.54) is 12.3 Å². The number of rotatable bonds is 3. The minimum absolute atomic E-state index is 0.0627. The number of pyridine rings is 1. The number of halogens is 2. The molecule has 0 bridgehead atoms. The predicted octanol–water partition coefficient (Wildman–Crippen LogP) is 1.25. The van der Waals surface area contributed by atoms with Crippen LogP contribution in [0.3, 0.4) is 0 Å². The first kappa shape index (κ1) is 13.9. The van der Waals surface area contributed by atoms with E-state index in [9.17, 15) is 4.79 Å². The highest BCUT2D eigenvalue weighted by Gasteiger charge is 2.08. The third kappa shape index (κ3) is 4.68. The minimum atomic E-state index is -0.321. The standard InChI is InChI=1S/C8H9Cl2N5OS/c9-4-1-5(10)7(13-2-4)14-6(16)3-17-8(11)15-12/h1-2H,3,12H2,(H2,11,15)(H,13,14,16). The third-order valence-electron chi connectivity index (χ3n) is 1.54. The molecule has 0 radical (unpaired) electrons. The first-order chi connectivity index (χ1) is 8.02. The normalized spacial score (nSPS) is 11.3. The van der Waals surface area contributed by atoms with Crippen LogP contribution in [0, 0.1) is 0 Å². The largest absolute Gasteiger partial charge is 0.377 e. The molecule has 17 heavy (non-hydrogen) atoms. The van der Waals surface area contributed by atoms with Crippen molar-refractivity contribution in [2.45, 2.75) is 0 Å². The number of hydrogen-bond donors (Lipinski definition) is 3. The van der Waals surface area contributed by atoms with Gasteiger partial charge >= 0.3 is 0 Å². The van der Waals surface area contributed by atoms with Crippen LogP contribution in [0.1, 0.15) is 0 Å². The summed E-state index contributed by atoms with van der Waals surface area (Å²) < 4.78 is 0. The van der Waals surface area contributed by atoms with E-state index >= 15 is 0 Å². The molecule has 5 N–H and O–H groups in total. The summed E-state index contributed by atoms with van der Waals surface area (Å²) >= 11 is 12.5. The summed E-state index contributed by atoms with van der Waals surface area (Å²) in [5.74, 6) is 4.90. The van der Waals surface area contributed by atoms with Crippen molar-refractivity contribution in [3.8, 4) is 0 Å². The maximum Gasteiger partial charge on any atom is 0.236 e. The van der Waals surface area contributed by atoms with Crippen LogP contribution in [-0.2, 0) is 4.79 Å². The molecule has 1 heterocycles. The van der Waals surface area contributed by atoms with Gasteiger partial charge < -0.3 is 16.9 Å². The molecule has 0 aliphatic heterocycles. The Balaban J connectivity index is 2.56. The van der Waals surface area contributed by atoms with Crippen LogP contribution in [0.2, 0.25) is 10.0 Å². The Hall–Kier alpha value is -1.18. The molecular weight excluding hydrogens is 285 g/mol. The molecule has 0 aliphatic rings. The monoisotopic (exact) mass is 293 g/mol. The topological polar surface area (TPSA) is 106 Å². The smallest absolute Gasteiger partial charge is 0.236 e. The van der Waals surface area contributed by atoms with Crippen molar-refractivity contribution in [3.63, 3.8) is 0 Å². The van der Waals surface area contributed by atoms with Gasteiger partial charge in [-0.25, -0.2) is 4.98 Å². The number of hydrogen-bond acceptors (Lipinski definition) is 5. The second-order valence-electron chi connectivity index (χ2n) is 2.79. The molecule has 0 saturated heterocycles. The zero-order valence-corrected chi connectivity index (χ0v) is 10.8. The summed E-state index contributed by atoms with van der Waals surface area (Å²) in [5, 5.41) is 6.49. The predicted molar refractivity (Wildman–Crippen MR) is 71.2 cm³/mol. The lowest BCUT2D eigenvalue weighted by Crippen LogP contribution is -2.19. The van der Waals surface area contributed by atoms with Crippen molar-refractivity contribution >= 4 is 51.9 Å². The van der Waals surface area contributed by atoms with E-state index in [4.69, 9.17) is 34.8 Å². The molecule has 1 aromatic rings. The van der Waals surface area contributed by atoms with Gasteiger partial charge in [-0.15, -0.1) is 0 Å². The van der Waals surface area contributed by atoms with E-state index in [0.29, 0.717) is 5.02 Å². The summed E-state index contributed by atoms with van der Waals surface area (Å²) in [5.41, 5.74) is 5.31. The summed E-state index contributed by atoms with van der Waals surface area (Å²) in [7, 11) is 0. The van der Waals surface area contributed by atoms with Gasteiger partial charge in [-0.05, 0) is 6.07 Å². The van der Waals surface area contributed by atoms with Crippen LogP contribution in [0.4, 0.5) is 5.82 Å². The number of amides is 1. The number of nitrogens with two attached hydrogens (primary N) is 2. The van der Waals surface area contributed by atoms with Crippen molar-refractivity contribution < 1.29 is 4.79 Å². The molecule has 1 rings (SSSR count). The van der Waals surface area contributed by atoms with Gasteiger partial charge in [0.25, 0.3) is 0 Å². The Morgan fingerprint density at radius 1 is 1.59 bits per heavy atom. The molecule has 0 unspecified atom stereocenters. The summed E-state index contributed by atoms with van der Waals surface area (Å²) in [6.07, 6.45) is 1.38. The number of carbonyl (C=O) groups excluding carboxylic acids is 1. The zero-order valence-electron chi connectivity index (χ0n) is 8.48. The quantitative estimate of drug-likeness (QED) is 0.336. The lowest BCUT2D eigenvalue weighted by atomic mass is 10.4. The van der Waals surface area contributed by atoms with Gasteiger partial charge in [-0.1, -0.05) is 35.0 Å². The maximum absolute atomic E-state index is 11.5. The number of anilines is 1. The van der Waals surface area contributed by atoms with Gasteiger partial charge in [-0.2, -0.15) is 5.10 Å². The average molecular weight is 294 g/mol. The van der Waals surface area contributed by atoms with Crippen molar-refractivity contribution in [2.24, 2.45) is 16.7 Å². The number of nitrogens with one attached hydrogen (secondary N) is 1. The van der Waals surface area contributed by atoms with Gasteiger partial charge in [0.2, 0.25) is 5.91 Å². The number of amidine groups is 1. The molecule has 0 atom stereocenters. The first-order valence-electron chi connectivity index (χ1n) is 4.30. The third-order valence-corrected chi connectivity index (χ3v) is 2.85. The van der Waals surface area contributed by atoms with Gasteiger partial charge in [0.05, 0.1) is 15.8 Å². The van der Waals surface area contributed by atoms with Crippen molar-refractivity contribution in [1.82, 2.24) is 4.98 Å². The SMILES string of the molecule is NN=C(N)SCC(=O)Nc1ncc(Cl)cc1Cl. The Morgan fingerprint density at radius 3 is 2.88 bits per heavy atom. The number of nitrogens with zero attached hydrogens (tertiary/aromatic N) is 2. The average Bonchev–Trinajstić information content (AvgIpc) is 2.29. The Morgan fingerprint density at radius 2 is 2.29 bits per heavy atom. The summed E-state index contributed by atoms with van der Waals surface area (Å²) in [4.78, 5) is 15.3. The maximum atomic E-state index is 11.5. The van der Waals surface area contributed by atoms with E-state index < -0.39 is 0 Å². The number of carbonyl (C=O) groups is 1. The van der Waals surface area contributed by atoms with Crippen molar-refractivity contribution in [1.29, 1.82) is 0 Å². The minimum Gasteiger partial charge on any atom is -0.377 e. The van der Waals surface area contributed by atoms with Gasteiger partial charge in [-0.3, -0.25) is 4.79 Å². The molecule has 9 heteroatoms.